The number of nitrogens with one attached hydrogen (secondary N) is 1. The second kappa shape index (κ2) is 6.53. The zero-order chi connectivity index (χ0) is 13.8. The maximum absolute atomic E-state index is 12.1. The van der Waals surface area contributed by atoms with Gasteiger partial charge in [0.05, 0.1) is 11.6 Å². The Kier molecular flexibility index (Phi) is 5.60. The van der Waals surface area contributed by atoms with Gasteiger partial charge in [0.15, 0.2) is 0 Å². The zero-order valence-electron chi connectivity index (χ0n) is 12.2. The van der Waals surface area contributed by atoms with Gasteiger partial charge in [-0.05, 0) is 39.0 Å². The zero-order valence-corrected chi connectivity index (χ0v) is 12.2. The largest absolute Gasteiger partial charge is 0.389 e. The molecule has 2 N–H and O–H groups in total. The third kappa shape index (κ3) is 4.94. The van der Waals surface area contributed by atoms with Crippen molar-refractivity contribution in [3.63, 3.8) is 0 Å². The molecule has 1 saturated heterocycles. The number of carbonyl (C=O) groups is 1. The fourth-order valence-electron chi connectivity index (χ4n) is 2.62. The lowest BCUT2D eigenvalue weighted by Crippen LogP contribution is -2.49. The van der Waals surface area contributed by atoms with E-state index in [4.69, 9.17) is 0 Å². The van der Waals surface area contributed by atoms with E-state index < -0.39 is 5.60 Å². The van der Waals surface area contributed by atoms with E-state index in [0.717, 1.165) is 32.4 Å². The second-order valence-electron chi connectivity index (χ2n) is 6.23. The molecule has 4 nitrogen and oxygen atoms in total. The molecule has 0 bridgehead atoms. The number of amides is 1. The number of rotatable bonds is 6. The second-order valence-corrected chi connectivity index (χ2v) is 6.23. The summed E-state index contributed by atoms with van der Waals surface area (Å²) in [7, 11) is 0. The quantitative estimate of drug-likeness (QED) is 0.755. The molecule has 1 heterocycles. The monoisotopic (exact) mass is 256 g/mol. The highest BCUT2D eigenvalue weighted by molar-refractivity contribution is 5.81. The van der Waals surface area contributed by atoms with Crippen molar-refractivity contribution >= 4 is 5.91 Å². The third-order valence-corrected chi connectivity index (χ3v) is 3.43. The van der Waals surface area contributed by atoms with E-state index in [2.05, 4.69) is 19.2 Å². The predicted octanol–water partition coefficient (Wildman–Crippen LogP) is 1.38. The summed E-state index contributed by atoms with van der Waals surface area (Å²) in [4.78, 5) is 14.0. The van der Waals surface area contributed by atoms with Gasteiger partial charge in [0.2, 0.25) is 5.91 Å². The molecule has 0 radical (unpaired) electrons. The summed E-state index contributed by atoms with van der Waals surface area (Å²) in [5.41, 5.74) is -0.742. The van der Waals surface area contributed by atoms with E-state index in [0.29, 0.717) is 12.5 Å². The van der Waals surface area contributed by atoms with E-state index in [-0.39, 0.29) is 11.9 Å². The topological polar surface area (TPSA) is 52.6 Å². The lowest BCUT2D eigenvalue weighted by Gasteiger charge is -2.28. The summed E-state index contributed by atoms with van der Waals surface area (Å²) in [6.07, 6.45) is 2.97. The number of aliphatic hydroxyl groups is 1. The van der Waals surface area contributed by atoms with Crippen LogP contribution in [0.1, 0.15) is 47.0 Å². The number of hydrogen-bond donors (Lipinski definition) is 2. The van der Waals surface area contributed by atoms with Gasteiger partial charge in [-0.3, -0.25) is 4.79 Å². The minimum Gasteiger partial charge on any atom is -0.389 e. The molecular weight excluding hydrogens is 228 g/mol. The Hall–Kier alpha value is -0.610. The van der Waals surface area contributed by atoms with Crippen LogP contribution in [0, 0.1) is 5.92 Å². The molecule has 0 spiro atoms. The first kappa shape index (κ1) is 15.4. The Bertz CT molecular complexity index is 271. The van der Waals surface area contributed by atoms with Crippen LogP contribution in [0.15, 0.2) is 0 Å². The van der Waals surface area contributed by atoms with Gasteiger partial charge >= 0.3 is 0 Å². The van der Waals surface area contributed by atoms with Gasteiger partial charge in [0.1, 0.15) is 0 Å². The Morgan fingerprint density at radius 1 is 1.33 bits per heavy atom. The van der Waals surface area contributed by atoms with Crippen LogP contribution in [0.3, 0.4) is 0 Å². The standard InChI is InChI=1S/C14H28N2O2/c1-11(2)9-14(4,18)10-15-12(3)13(17)16-7-5-6-8-16/h11-12,15,18H,5-10H2,1-4H3. The summed E-state index contributed by atoms with van der Waals surface area (Å²) < 4.78 is 0. The Morgan fingerprint density at radius 3 is 2.39 bits per heavy atom. The van der Waals surface area contributed by atoms with Crippen LogP contribution in [0.5, 0.6) is 0 Å². The first-order valence-electron chi connectivity index (χ1n) is 7.06. The van der Waals surface area contributed by atoms with Gasteiger partial charge in [0, 0.05) is 19.6 Å². The molecule has 1 rings (SSSR count). The Labute approximate surface area is 111 Å². The average molecular weight is 256 g/mol. The molecule has 0 aromatic heterocycles. The van der Waals surface area contributed by atoms with Crippen LogP contribution < -0.4 is 5.32 Å². The molecule has 18 heavy (non-hydrogen) atoms. The summed E-state index contributed by atoms with van der Waals surface area (Å²) in [6.45, 7) is 10.1. The van der Waals surface area contributed by atoms with Crippen molar-refractivity contribution < 1.29 is 9.90 Å². The number of carbonyl (C=O) groups excluding carboxylic acids is 1. The van der Waals surface area contributed by atoms with Crippen LogP contribution in [0.25, 0.3) is 0 Å². The fraction of sp³-hybridized carbons (Fsp3) is 0.929. The maximum atomic E-state index is 12.1. The molecule has 1 amide bonds. The smallest absolute Gasteiger partial charge is 0.239 e. The molecule has 1 aliphatic heterocycles. The lowest BCUT2D eigenvalue weighted by atomic mass is 9.94. The van der Waals surface area contributed by atoms with Crippen molar-refractivity contribution in [2.24, 2.45) is 5.92 Å². The molecule has 106 valence electrons. The Morgan fingerprint density at radius 2 is 1.89 bits per heavy atom. The van der Waals surface area contributed by atoms with Crippen molar-refractivity contribution in [3.8, 4) is 0 Å². The molecule has 0 aromatic carbocycles. The summed E-state index contributed by atoms with van der Waals surface area (Å²) in [6, 6.07) is -0.207. The van der Waals surface area contributed by atoms with Gasteiger partial charge in [0.25, 0.3) is 0 Å². The highest BCUT2D eigenvalue weighted by Crippen LogP contribution is 2.15. The van der Waals surface area contributed by atoms with E-state index in [1.165, 1.54) is 0 Å². The average Bonchev–Trinajstić information content (AvgIpc) is 2.76. The molecular formula is C14H28N2O2. The van der Waals surface area contributed by atoms with Gasteiger partial charge in [-0.1, -0.05) is 13.8 Å². The molecule has 0 aliphatic carbocycles. The van der Waals surface area contributed by atoms with Crippen molar-refractivity contribution in [1.29, 1.82) is 0 Å². The normalized spacial score (nSPS) is 21.1. The molecule has 1 fully saturated rings. The number of likely N-dealkylation sites (tertiary alicyclic amines) is 1. The minimum atomic E-state index is -0.742. The summed E-state index contributed by atoms with van der Waals surface area (Å²) >= 11 is 0. The van der Waals surface area contributed by atoms with Gasteiger partial charge in [-0.2, -0.15) is 0 Å². The van der Waals surface area contributed by atoms with E-state index in [1.54, 1.807) is 0 Å². The SMILES string of the molecule is CC(C)CC(C)(O)CNC(C)C(=O)N1CCCC1. The number of hydrogen-bond acceptors (Lipinski definition) is 3. The summed E-state index contributed by atoms with van der Waals surface area (Å²) in [5.74, 6) is 0.610. The first-order valence-corrected chi connectivity index (χ1v) is 7.06. The number of nitrogens with zero attached hydrogens (tertiary/aromatic N) is 1. The highest BCUT2D eigenvalue weighted by atomic mass is 16.3. The van der Waals surface area contributed by atoms with Crippen LogP contribution in [-0.2, 0) is 4.79 Å². The van der Waals surface area contributed by atoms with Crippen LogP contribution >= 0.6 is 0 Å². The van der Waals surface area contributed by atoms with Crippen LogP contribution in [0.2, 0.25) is 0 Å². The Balaban J connectivity index is 2.35. The first-order chi connectivity index (χ1) is 8.32. The molecule has 0 saturated carbocycles. The lowest BCUT2D eigenvalue weighted by molar-refractivity contribution is -0.132. The van der Waals surface area contributed by atoms with Crippen molar-refractivity contribution in [3.05, 3.63) is 0 Å². The van der Waals surface area contributed by atoms with E-state index in [1.807, 2.05) is 18.7 Å². The van der Waals surface area contributed by atoms with Crippen molar-refractivity contribution in [2.45, 2.75) is 58.6 Å². The van der Waals surface area contributed by atoms with E-state index >= 15 is 0 Å². The highest BCUT2D eigenvalue weighted by Gasteiger charge is 2.26. The van der Waals surface area contributed by atoms with Crippen LogP contribution in [0.4, 0.5) is 0 Å². The molecule has 2 atom stereocenters. The van der Waals surface area contributed by atoms with Gasteiger partial charge in [-0.25, -0.2) is 0 Å². The van der Waals surface area contributed by atoms with Crippen LogP contribution in [-0.4, -0.2) is 47.2 Å². The van der Waals surface area contributed by atoms with E-state index in [9.17, 15) is 9.90 Å². The third-order valence-electron chi connectivity index (χ3n) is 3.43. The van der Waals surface area contributed by atoms with Gasteiger partial charge in [-0.15, -0.1) is 0 Å². The molecule has 2 unspecified atom stereocenters. The predicted molar refractivity (Wildman–Crippen MR) is 73.4 cm³/mol. The minimum absolute atomic E-state index is 0.160. The van der Waals surface area contributed by atoms with Gasteiger partial charge < -0.3 is 15.3 Å². The van der Waals surface area contributed by atoms with Crippen molar-refractivity contribution in [2.75, 3.05) is 19.6 Å². The summed E-state index contributed by atoms with van der Waals surface area (Å²) in [5, 5.41) is 13.4. The molecule has 4 heteroatoms. The fourth-order valence-corrected chi connectivity index (χ4v) is 2.62. The molecule has 1 aliphatic rings. The maximum Gasteiger partial charge on any atom is 0.239 e. The molecule has 0 aromatic rings. The van der Waals surface area contributed by atoms with Crippen molar-refractivity contribution in [1.82, 2.24) is 10.2 Å².